The summed E-state index contributed by atoms with van der Waals surface area (Å²) >= 11 is 1.48. The Morgan fingerprint density at radius 2 is 2.19 bits per heavy atom. The van der Waals surface area contributed by atoms with Crippen LogP contribution in [-0.4, -0.2) is 27.0 Å². The average molecular weight is 384 g/mol. The van der Waals surface area contributed by atoms with E-state index in [2.05, 4.69) is 15.3 Å². The van der Waals surface area contributed by atoms with E-state index in [0.717, 1.165) is 21.3 Å². The fraction of sp³-hybridized carbons (Fsp3) is 0.222. The number of aryl methyl sites for hydroxylation is 2. The molecule has 1 aromatic carbocycles. The Balaban J connectivity index is 1.86. The van der Waals surface area contributed by atoms with Gasteiger partial charge in [-0.2, -0.15) is 0 Å². The molecule has 2 aromatic heterocycles. The maximum atomic E-state index is 11.2. The SMILES string of the molecule is Cc1csc2nc(CCC(=O)C=O)nc(NCc3cccc([N+](=O)[O-])c3)c12. The van der Waals surface area contributed by atoms with Crippen LogP contribution in [-0.2, 0) is 22.6 Å². The molecule has 0 aliphatic rings. The van der Waals surface area contributed by atoms with Crippen molar-refractivity contribution in [2.24, 2.45) is 0 Å². The number of fused-ring (bicyclic) bond motifs is 1. The van der Waals surface area contributed by atoms with Crippen LogP contribution in [0.25, 0.3) is 10.2 Å². The average Bonchev–Trinajstić information content (AvgIpc) is 3.05. The number of benzene rings is 1. The third-order valence-electron chi connectivity index (χ3n) is 3.97. The summed E-state index contributed by atoms with van der Waals surface area (Å²) in [7, 11) is 0. The number of rotatable bonds is 8. The number of carbonyl (C=O) groups excluding carboxylic acids is 2. The normalized spacial score (nSPS) is 10.7. The molecule has 0 atom stereocenters. The van der Waals surface area contributed by atoms with Gasteiger partial charge in [0.1, 0.15) is 16.5 Å². The minimum atomic E-state index is -0.493. The Hall–Kier alpha value is -3.20. The lowest BCUT2D eigenvalue weighted by atomic mass is 10.2. The second-order valence-corrected chi connectivity index (χ2v) is 6.81. The molecule has 3 rings (SSSR count). The van der Waals surface area contributed by atoms with Crippen molar-refractivity contribution in [2.45, 2.75) is 26.3 Å². The summed E-state index contributed by atoms with van der Waals surface area (Å²) in [4.78, 5) is 42.0. The molecule has 9 heteroatoms. The number of hydrogen-bond donors (Lipinski definition) is 1. The van der Waals surface area contributed by atoms with E-state index in [1.807, 2.05) is 12.3 Å². The van der Waals surface area contributed by atoms with E-state index in [-0.39, 0.29) is 18.5 Å². The highest BCUT2D eigenvalue weighted by Crippen LogP contribution is 2.30. The van der Waals surface area contributed by atoms with E-state index in [9.17, 15) is 19.7 Å². The number of anilines is 1. The fourth-order valence-corrected chi connectivity index (χ4v) is 3.57. The lowest BCUT2D eigenvalue weighted by Crippen LogP contribution is -2.08. The molecule has 3 aromatic rings. The standard InChI is InChI=1S/C18H16N4O4S/c1-11-10-27-18-16(11)17(20-15(21-18)6-5-14(24)9-23)19-8-12-3-2-4-13(7-12)22(25)26/h2-4,7,9-10H,5-6,8H2,1H3,(H,19,20,21). The highest BCUT2D eigenvalue weighted by atomic mass is 32.1. The summed E-state index contributed by atoms with van der Waals surface area (Å²) in [5.74, 6) is 0.590. The zero-order valence-corrected chi connectivity index (χ0v) is 15.3. The molecule has 2 heterocycles. The molecule has 0 radical (unpaired) electrons. The van der Waals surface area contributed by atoms with Gasteiger partial charge in [0.15, 0.2) is 12.1 Å². The van der Waals surface area contributed by atoms with Gasteiger partial charge in [0.05, 0.1) is 10.3 Å². The van der Waals surface area contributed by atoms with Crippen LogP contribution >= 0.6 is 11.3 Å². The van der Waals surface area contributed by atoms with Gasteiger partial charge in [0.25, 0.3) is 5.69 Å². The van der Waals surface area contributed by atoms with Gasteiger partial charge in [-0.25, -0.2) is 9.97 Å². The lowest BCUT2D eigenvalue weighted by molar-refractivity contribution is -0.384. The van der Waals surface area contributed by atoms with Crippen molar-refractivity contribution >= 4 is 45.1 Å². The van der Waals surface area contributed by atoms with Gasteiger partial charge >= 0.3 is 0 Å². The van der Waals surface area contributed by atoms with E-state index in [1.165, 1.54) is 23.5 Å². The summed E-state index contributed by atoms with van der Waals surface area (Å²) in [6.45, 7) is 2.31. The molecule has 0 saturated heterocycles. The van der Waals surface area contributed by atoms with Crippen LogP contribution in [0.1, 0.15) is 23.4 Å². The van der Waals surface area contributed by atoms with Crippen LogP contribution < -0.4 is 5.32 Å². The number of hydrogen-bond acceptors (Lipinski definition) is 8. The first kappa shape index (κ1) is 18.6. The number of ketones is 1. The first-order valence-electron chi connectivity index (χ1n) is 8.18. The molecule has 27 heavy (non-hydrogen) atoms. The summed E-state index contributed by atoms with van der Waals surface area (Å²) in [6.07, 6.45) is 0.634. The number of nitrogens with one attached hydrogen (secondary N) is 1. The van der Waals surface area contributed by atoms with Gasteiger partial charge in [0, 0.05) is 31.5 Å². The summed E-state index contributed by atoms with van der Waals surface area (Å²) in [6, 6.07) is 6.38. The highest BCUT2D eigenvalue weighted by molar-refractivity contribution is 7.17. The number of Topliss-reactive ketones (excluding diaryl/α,β-unsaturated/α-hetero) is 1. The Morgan fingerprint density at radius 1 is 1.37 bits per heavy atom. The van der Waals surface area contributed by atoms with Crippen LogP contribution in [0.5, 0.6) is 0 Å². The minimum absolute atomic E-state index is 0.0295. The van der Waals surface area contributed by atoms with Crippen molar-refractivity contribution in [1.29, 1.82) is 0 Å². The van der Waals surface area contributed by atoms with Crippen LogP contribution in [0.4, 0.5) is 11.5 Å². The first-order valence-corrected chi connectivity index (χ1v) is 9.06. The molecule has 0 fully saturated rings. The second-order valence-electron chi connectivity index (χ2n) is 5.95. The predicted molar refractivity (Wildman–Crippen MR) is 102 cm³/mol. The molecule has 0 aliphatic carbocycles. The summed E-state index contributed by atoms with van der Waals surface area (Å²) in [5.41, 5.74) is 1.80. The molecular formula is C18H16N4O4S. The van der Waals surface area contributed by atoms with Gasteiger partial charge < -0.3 is 5.32 Å². The molecule has 0 saturated carbocycles. The molecule has 0 aliphatic heterocycles. The Bertz CT molecular complexity index is 1030. The van der Waals surface area contributed by atoms with E-state index in [0.29, 0.717) is 24.5 Å². The number of nitrogens with zero attached hydrogens (tertiary/aromatic N) is 3. The third-order valence-corrected chi connectivity index (χ3v) is 4.96. The maximum Gasteiger partial charge on any atom is 0.269 e. The molecular weight excluding hydrogens is 368 g/mol. The number of carbonyl (C=O) groups is 2. The monoisotopic (exact) mass is 384 g/mol. The molecule has 0 amide bonds. The Labute approximate surface area is 158 Å². The van der Waals surface area contributed by atoms with Crippen LogP contribution in [0.3, 0.4) is 0 Å². The summed E-state index contributed by atoms with van der Waals surface area (Å²) < 4.78 is 0. The minimum Gasteiger partial charge on any atom is -0.365 e. The van der Waals surface area contributed by atoms with Gasteiger partial charge in [-0.05, 0) is 23.4 Å². The number of nitro benzene ring substituents is 1. The number of aromatic nitrogens is 2. The van der Waals surface area contributed by atoms with Gasteiger partial charge in [-0.15, -0.1) is 11.3 Å². The Kier molecular flexibility index (Phi) is 5.51. The van der Waals surface area contributed by atoms with Crippen LogP contribution in [0.15, 0.2) is 29.6 Å². The quantitative estimate of drug-likeness (QED) is 0.274. The zero-order chi connectivity index (χ0) is 19.4. The molecule has 0 spiro atoms. The molecule has 0 bridgehead atoms. The number of nitro groups is 1. The smallest absolute Gasteiger partial charge is 0.269 e. The first-order chi connectivity index (χ1) is 13.0. The van der Waals surface area contributed by atoms with E-state index in [1.54, 1.807) is 12.1 Å². The molecule has 8 nitrogen and oxygen atoms in total. The van der Waals surface area contributed by atoms with Crippen molar-refractivity contribution in [2.75, 3.05) is 5.32 Å². The van der Waals surface area contributed by atoms with Crippen LogP contribution in [0.2, 0.25) is 0 Å². The zero-order valence-electron chi connectivity index (χ0n) is 14.5. The largest absolute Gasteiger partial charge is 0.365 e. The number of aldehydes is 1. The number of non-ortho nitro benzene ring substituents is 1. The van der Waals surface area contributed by atoms with Crippen molar-refractivity contribution in [3.05, 3.63) is 56.7 Å². The Morgan fingerprint density at radius 3 is 2.93 bits per heavy atom. The fourth-order valence-electron chi connectivity index (χ4n) is 2.63. The topological polar surface area (TPSA) is 115 Å². The van der Waals surface area contributed by atoms with Crippen LogP contribution in [0, 0.1) is 17.0 Å². The molecule has 0 unspecified atom stereocenters. The summed E-state index contributed by atoms with van der Waals surface area (Å²) in [5, 5.41) is 17.0. The molecule has 138 valence electrons. The molecule has 1 N–H and O–H groups in total. The highest BCUT2D eigenvalue weighted by Gasteiger charge is 2.13. The lowest BCUT2D eigenvalue weighted by Gasteiger charge is -2.10. The van der Waals surface area contributed by atoms with Crippen molar-refractivity contribution in [1.82, 2.24) is 9.97 Å². The van der Waals surface area contributed by atoms with Crippen molar-refractivity contribution in [3.8, 4) is 0 Å². The van der Waals surface area contributed by atoms with E-state index >= 15 is 0 Å². The van der Waals surface area contributed by atoms with Crippen molar-refractivity contribution < 1.29 is 14.5 Å². The van der Waals surface area contributed by atoms with E-state index in [4.69, 9.17) is 0 Å². The number of thiophene rings is 1. The van der Waals surface area contributed by atoms with E-state index < -0.39 is 10.7 Å². The van der Waals surface area contributed by atoms with Gasteiger partial charge in [-0.3, -0.25) is 19.7 Å². The maximum absolute atomic E-state index is 11.2. The third kappa shape index (κ3) is 4.32. The van der Waals surface area contributed by atoms with Gasteiger partial charge in [-0.1, -0.05) is 12.1 Å². The second kappa shape index (κ2) is 8.00. The van der Waals surface area contributed by atoms with Crippen molar-refractivity contribution in [3.63, 3.8) is 0 Å². The van der Waals surface area contributed by atoms with Gasteiger partial charge in [0.2, 0.25) is 0 Å². The predicted octanol–water partition coefficient (Wildman–Crippen LogP) is 3.22.